The van der Waals surface area contributed by atoms with E-state index in [9.17, 15) is 9.59 Å². The quantitative estimate of drug-likeness (QED) is 0.685. The fraction of sp³-hybridized carbons (Fsp3) is 0.833. The van der Waals surface area contributed by atoms with Crippen molar-refractivity contribution in [3.8, 4) is 0 Å². The van der Waals surface area contributed by atoms with Crippen molar-refractivity contribution in [3.63, 3.8) is 0 Å². The predicted octanol–water partition coefficient (Wildman–Crippen LogP) is 0.964. The summed E-state index contributed by atoms with van der Waals surface area (Å²) in [6, 6.07) is -0.789. The van der Waals surface area contributed by atoms with E-state index in [1.807, 2.05) is 20.8 Å². The molecule has 0 radical (unpaired) electrons. The van der Waals surface area contributed by atoms with Gasteiger partial charge in [0, 0.05) is 5.54 Å². The first kappa shape index (κ1) is 14.8. The Kier molecular flexibility index (Phi) is 4.95. The largest absolute Gasteiger partial charge is 0.481 e. The topological polar surface area (TPSA) is 87.7 Å². The Morgan fingerprint density at radius 3 is 2.44 bits per heavy atom. The van der Waals surface area contributed by atoms with Gasteiger partial charge in [0.1, 0.15) is 5.92 Å². The van der Waals surface area contributed by atoms with E-state index < -0.39 is 17.9 Å². The van der Waals surface area contributed by atoms with Gasteiger partial charge in [-0.15, -0.1) is 0 Å². The Hall–Kier alpha value is -1.30. The number of hydrogen-bond donors (Lipinski definition) is 3. The number of nitrogens with one attached hydrogen (secondary N) is 2. The number of carbonyl (C=O) groups excluding carboxylic acids is 1. The fourth-order valence-corrected chi connectivity index (χ4v) is 1.85. The molecule has 0 saturated carbocycles. The number of hydrogen-bond acceptors (Lipinski definition) is 3. The smallest absolute Gasteiger partial charge is 0.315 e. The lowest BCUT2D eigenvalue weighted by molar-refractivity contribution is -0.142. The molecule has 0 aromatic rings. The van der Waals surface area contributed by atoms with Crippen LogP contribution in [0.1, 0.15) is 33.6 Å². The Bertz CT molecular complexity index is 315. The molecule has 0 bridgehead atoms. The first-order chi connectivity index (χ1) is 8.41. The van der Waals surface area contributed by atoms with Crippen LogP contribution >= 0.6 is 0 Å². The van der Waals surface area contributed by atoms with Crippen molar-refractivity contribution in [2.24, 2.45) is 5.92 Å². The van der Waals surface area contributed by atoms with E-state index in [0.717, 1.165) is 12.8 Å². The second-order valence-electron chi connectivity index (χ2n) is 4.95. The minimum Gasteiger partial charge on any atom is -0.481 e. The molecule has 18 heavy (non-hydrogen) atoms. The predicted molar refractivity (Wildman–Crippen MR) is 66.4 cm³/mol. The summed E-state index contributed by atoms with van der Waals surface area (Å²) in [6.45, 7) is 6.37. The molecule has 6 nitrogen and oxygen atoms in total. The normalized spacial score (nSPS) is 23.7. The van der Waals surface area contributed by atoms with Gasteiger partial charge in [0.2, 0.25) is 0 Å². The third-order valence-electron chi connectivity index (χ3n) is 3.69. The molecule has 1 fully saturated rings. The Labute approximate surface area is 107 Å². The molecule has 0 aromatic carbocycles. The molecule has 1 saturated heterocycles. The minimum absolute atomic E-state index is 0.152. The summed E-state index contributed by atoms with van der Waals surface area (Å²) in [5.74, 6) is -1.60. The SMILES string of the molecule is CCC(C)(CC)NC(=O)NC1COCC1C(=O)O. The number of amides is 2. The molecule has 1 heterocycles. The van der Waals surface area contributed by atoms with Crippen molar-refractivity contribution >= 4 is 12.0 Å². The van der Waals surface area contributed by atoms with E-state index in [1.165, 1.54) is 0 Å². The molecule has 6 heteroatoms. The van der Waals surface area contributed by atoms with Gasteiger partial charge in [0.25, 0.3) is 0 Å². The average Bonchev–Trinajstić information content (AvgIpc) is 2.76. The van der Waals surface area contributed by atoms with Crippen molar-refractivity contribution in [1.82, 2.24) is 10.6 Å². The number of ether oxygens (including phenoxy) is 1. The molecule has 2 atom stereocenters. The van der Waals surface area contributed by atoms with E-state index >= 15 is 0 Å². The average molecular weight is 258 g/mol. The van der Waals surface area contributed by atoms with E-state index in [2.05, 4.69) is 10.6 Å². The number of carboxylic acids is 1. The summed E-state index contributed by atoms with van der Waals surface area (Å²) in [5, 5.41) is 14.5. The highest BCUT2D eigenvalue weighted by molar-refractivity contribution is 5.77. The molecule has 0 spiro atoms. The molecule has 2 unspecified atom stereocenters. The second-order valence-corrected chi connectivity index (χ2v) is 4.95. The summed E-state index contributed by atoms with van der Waals surface area (Å²) in [4.78, 5) is 22.8. The van der Waals surface area contributed by atoms with Crippen LogP contribution in [0.5, 0.6) is 0 Å². The lowest BCUT2D eigenvalue weighted by Crippen LogP contribution is -2.54. The zero-order chi connectivity index (χ0) is 13.8. The molecular weight excluding hydrogens is 236 g/mol. The number of rotatable bonds is 5. The van der Waals surface area contributed by atoms with Gasteiger partial charge >= 0.3 is 12.0 Å². The van der Waals surface area contributed by atoms with Crippen molar-refractivity contribution < 1.29 is 19.4 Å². The number of aliphatic carboxylic acids is 1. The summed E-state index contributed by atoms with van der Waals surface area (Å²) in [5.41, 5.74) is -0.262. The van der Waals surface area contributed by atoms with Crippen LogP contribution in [0.15, 0.2) is 0 Å². The minimum atomic E-state index is -0.938. The molecule has 1 aliphatic rings. The van der Waals surface area contributed by atoms with Gasteiger partial charge in [0.05, 0.1) is 19.3 Å². The zero-order valence-electron chi connectivity index (χ0n) is 11.2. The van der Waals surface area contributed by atoms with Gasteiger partial charge in [-0.05, 0) is 19.8 Å². The van der Waals surface area contributed by atoms with Crippen molar-refractivity contribution in [3.05, 3.63) is 0 Å². The van der Waals surface area contributed by atoms with Crippen molar-refractivity contribution in [2.75, 3.05) is 13.2 Å². The highest BCUT2D eigenvalue weighted by atomic mass is 16.5. The fourth-order valence-electron chi connectivity index (χ4n) is 1.85. The standard InChI is InChI=1S/C12H22N2O4/c1-4-12(3,5-2)14-11(17)13-9-7-18-6-8(9)10(15)16/h8-9H,4-7H2,1-3H3,(H,15,16)(H2,13,14,17). The zero-order valence-corrected chi connectivity index (χ0v) is 11.2. The van der Waals surface area contributed by atoms with Crippen LogP contribution in [0.25, 0.3) is 0 Å². The third-order valence-corrected chi connectivity index (χ3v) is 3.69. The van der Waals surface area contributed by atoms with Crippen LogP contribution in [0.3, 0.4) is 0 Å². The van der Waals surface area contributed by atoms with Gasteiger partial charge in [0.15, 0.2) is 0 Å². The van der Waals surface area contributed by atoms with Crippen LogP contribution in [0, 0.1) is 5.92 Å². The number of carbonyl (C=O) groups is 2. The number of urea groups is 1. The maximum Gasteiger partial charge on any atom is 0.315 e. The molecule has 3 N–H and O–H groups in total. The highest BCUT2D eigenvalue weighted by Gasteiger charge is 2.35. The lowest BCUT2D eigenvalue weighted by Gasteiger charge is -2.29. The van der Waals surface area contributed by atoms with E-state index in [0.29, 0.717) is 0 Å². The van der Waals surface area contributed by atoms with Gasteiger partial charge in [-0.3, -0.25) is 4.79 Å². The van der Waals surface area contributed by atoms with Crippen LogP contribution in [-0.2, 0) is 9.53 Å². The molecule has 104 valence electrons. The summed E-state index contributed by atoms with van der Waals surface area (Å²) >= 11 is 0. The monoisotopic (exact) mass is 258 g/mol. The molecule has 0 aliphatic carbocycles. The van der Waals surface area contributed by atoms with E-state index in [-0.39, 0.29) is 24.8 Å². The van der Waals surface area contributed by atoms with E-state index in [1.54, 1.807) is 0 Å². The van der Waals surface area contributed by atoms with Gasteiger partial charge in [-0.2, -0.15) is 0 Å². The van der Waals surface area contributed by atoms with Gasteiger partial charge in [-0.25, -0.2) is 4.79 Å². The van der Waals surface area contributed by atoms with E-state index in [4.69, 9.17) is 9.84 Å². The van der Waals surface area contributed by atoms with Gasteiger partial charge < -0.3 is 20.5 Å². The molecule has 0 aromatic heterocycles. The molecule has 2 amide bonds. The van der Waals surface area contributed by atoms with Crippen LogP contribution in [-0.4, -0.2) is 41.9 Å². The van der Waals surface area contributed by atoms with Crippen LogP contribution < -0.4 is 10.6 Å². The van der Waals surface area contributed by atoms with Crippen molar-refractivity contribution in [1.29, 1.82) is 0 Å². The Morgan fingerprint density at radius 2 is 1.94 bits per heavy atom. The molecule has 1 aliphatic heterocycles. The molecule has 1 rings (SSSR count). The summed E-state index contributed by atoms with van der Waals surface area (Å²) < 4.78 is 5.09. The first-order valence-corrected chi connectivity index (χ1v) is 6.31. The molecular formula is C12H22N2O4. The van der Waals surface area contributed by atoms with Gasteiger partial charge in [-0.1, -0.05) is 13.8 Å². The van der Waals surface area contributed by atoms with Crippen LogP contribution in [0.2, 0.25) is 0 Å². The summed E-state index contributed by atoms with van der Waals surface area (Å²) in [6.07, 6.45) is 1.64. The second kappa shape index (κ2) is 6.04. The Morgan fingerprint density at radius 1 is 1.33 bits per heavy atom. The maximum absolute atomic E-state index is 11.8. The van der Waals surface area contributed by atoms with Crippen molar-refractivity contribution in [2.45, 2.75) is 45.2 Å². The lowest BCUT2D eigenvalue weighted by atomic mass is 9.96. The highest BCUT2D eigenvalue weighted by Crippen LogP contribution is 2.15. The van der Waals surface area contributed by atoms with Crippen LogP contribution in [0.4, 0.5) is 4.79 Å². The third kappa shape index (κ3) is 3.60. The number of carboxylic acid groups (broad SMARTS) is 1. The first-order valence-electron chi connectivity index (χ1n) is 6.31. The Balaban J connectivity index is 2.52. The maximum atomic E-state index is 11.8. The summed E-state index contributed by atoms with van der Waals surface area (Å²) in [7, 11) is 0.